The van der Waals surface area contributed by atoms with Crippen LogP contribution in [-0.2, 0) is 14.8 Å². The van der Waals surface area contributed by atoms with Crippen molar-refractivity contribution in [3.63, 3.8) is 0 Å². The molecule has 116 valence electrons. The molecule has 1 aromatic rings. The fraction of sp³-hybridized carbons (Fsp3) is 0.538. The van der Waals surface area contributed by atoms with Crippen molar-refractivity contribution < 1.29 is 13.2 Å². The largest absolute Gasteiger partial charge is 0.388 e. The van der Waals surface area contributed by atoms with E-state index < -0.39 is 10.0 Å². The summed E-state index contributed by atoms with van der Waals surface area (Å²) >= 11 is 4.77. The number of nitrogens with zero attached hydrogens (tertiary/aromatic N) is 1. The van der Waals surface area contributed by atoms with Crippen molar-refractivity contribution in [2.24, 2.45) is 5.73 Å². The second-order valence-electron chi connectivity index (χ2n) is 4.92. The molecule has 6 nitrogen and oxygen atoms in total. The van der Waals surface area contributed by atoms with Crippen molar-refractivity contribution in [2.75, 3.05) is 13.2 Å². The molecule has 1 fully saturated rings. The fourth-order valence-electron chi connectivity index (χ4n) is 2.22. The predicted octanol–water partition coefficient (Wildman–Crippen LogP) is 0.953. The first-order chi connectivity index (χ1) is 9.99. The summed E-state index contributed by atoms with van der Waals surface area (Å²) in [5.41, 5.74) is 5.81. The van der Waals surface area contributed by atoms with Gasteiger partial charge in [0.1, 0.15) is 9.88 Å². The van der Waals surface area contributed by atoms with Gasteiger partial charge in [0.25, 0.3) is 0 Å². The summed E-state index contributed by atoms with van der Waals surface area (Å²) in [6, 6.07) is 2.92. The second-order valence-corrected chi connectivity index (χ2v) is 7.13. The number of nitrogens with one attached hydrogen (secondary N) is 1. The molecular weight excluding hydrogens is 310 g/mol. The van der Waals surface area contributed by atoms with Gasteiger partial charge in [0.15, 0.2) is 0 Å². The van der Waals surface area contributed by atoms with Gasteiger partial charge in [-0.1, -0.05) is 25.1 Å². The normalized spacial score (nSPS) is 16.2. The monoisotopic (exact) mass is 329 g/mol. The van der Waals surface area contributed by atoms with E-state index in [-0.39, 0.29) is 22.5 Å². The summed E-state index contributed by atoms with van der Waals surface area (Å²) < 4.78 is 32.2. The van der Waals surface area contributed by atoms with Crippen LogP contribution in [0.5, 0.6) is 0 Å². The summed E-state index contributed by atoms with van der Waals surface area (Å²) in [6.45, 7) is 0.623. The number of hydrogen-bond donors (Lipinski definition) is 2. The average molecular weight is 329 g/mol. The zero-order valence-corrected chi connectivity index (χ0v) is 13.3. The minimum absolute atomic E-state index is 0.0865. The summed E-state index contributed by atoms with van der Waals surface area (Å²) in [5, 5.41) is 0. The smallest absolute Gasteiger partial charge is 0.242 e. The highest BCUT2D eigenvalue weighted by atomic mass is 32.2. The Morgan fingerprint density at radius 3 is 2.71 bits per heavy atom. The van der Waals surface area contributed by atoms with Crippen LogP contribution in [0, 0.1) is 0 Å². The lowest BCUT2D eigenvalue weighted by Crippen LogP contribution is -2.28. The molecule has 3 N–H and O–H groups in total. The number of aromatic nitrogens is 1. The van der Waals surface area contributed by atoms with Crippen LogP contribution in [0.15, 0.2) is 23.2 Å². The van der Waals surface area contributed by atoms with Crippen LogP contribution in [-0.4, -0.2) is 37.6 Å². The number of thiocarbonyl (C=S) groups is 1. The molecule has 1 saturated carbocycles. The van der Waals surface area contributed by atoms with E-state index in [9.17, 15) is 8.42 Å². The Morgan fingerprint density at radius 1 is 1.43 bits per heavy atom. The first kappa shape index (κ1) is 16.3. The van der Waals surface area contributed by atoms with E-state index in [1.54, 1.807) is 0 Å². The number of pyridine rings is 1. The summed E-state index contributed by atoms with van der Waals surface area (Å²) in [5.74, 6) is 0. The van der Waals surface area contributed by atoms with Crippen LogP contribution in [0.25, 0.3) is 0 Å². The molecule has 0 bridgehead atoms. The molecule has 1 heterocycles. The topological polar surface area (TPSA) is 94.3 Å². The summed E-state index contributed by atoms with van der Waals surface area (Å²) in [7, 11) is -3.58. The Bertz CT molecular complexity index is 581. The molecule has 1 aliphatic carbocycles. The van der Waals surface area contributed by atoms with Crippen molar-refractivity contribution >= 4 is 27.2 Å². The average Bonchev–Trinajstić information content (AvgIpc) is 2.97. The highest BCUT2D eigenvalue weighted by Gasteiger charge is 2.17. The summed E-state index contributed by atoms with van der Waals surface area (Å²) in [4.78, 5) is 4.14. The maximum atomic E-state index is 12.0. The fourth-order valence-corrected chi connectivity index (χ4v) is 3.30. The molecular formula is C13H19N3O3S2. The van der Waals surface area contributed by atoms with Crippen molar-refractivity contribution in [1.82, 2.24) is 9.71 Å². The van der Waals surface area contributed by atoms with E-state index in [4.69, 9.17) is 22.7 Å². The quantitative estimate of drug-likeness (QED) is 0.571. The maximum absolute atomic E-state index is 12.0. The number of nitrogens with two attached hydrogens (primary N) is 1. The molecule has 0 spiro atoms. The minimum atomic E-state index is -3.58. The predicted molar refractivity (Wildman–Crippen MR) is 83.5 cm³/mol. The molecule has 0 atom stereocenters. The molecule has 2 rings (SSSR count). The Balaban J connectivity index is 1.84. The lowest BCUT2D eigenvalue weighted by molar-refractivity contribution is 0.0626. The lowest BCUT2D eigenvalue weighted by atomic mass is 10.3. The molecule has 8 heteroatoms. The van der Waals surface area contributed by atoms with Gasteiger partial charge in [-0.3, -0.25) is 4.98 Å². The van der Waals surface area contributed by atoms with Crippen LogP contribution >= 0.6 is 12.2 Å². The first-order valence-corrected chi connectivity index (χ1v) is 8.75. The van der Waals surface area contributed by atoms with Crippen molar-refractivity contribution in [1.29, 1.82) is 0 Å². The third-order valence-electron chi connectivity index (χ3n) is 3.35. The van der Waals surface area contributed by atoms with Crippen molar-refractivity contribution in [3.05, 3.63) is 24.0 Å². The number of sulfonamides is 1. The molecule has 21 heavy (non-hydrogen) atoms. The minimum Gasteiger partial charge on any atom is -0.388 e. The van der Waals surface area contributed by atoms with Crippen LogP contribution < -0.4 is 10.5 Å². The van der Waals surface area contributed by atoms with E-state index in [1.165, 1.54) is 31.2 Å². The molecule has 0 radical (unpaired) electrons. The van der Waals surface area contributed by atoms with E-state index in [0.717, 1.165) is 12.8 Å². The van der Waals surface area contributed by atoms with Crippen LogP contribution in [0.4, 0.5) is 0 Å². The van der Waals surface area contributed by atoms with Gasteiger partial charge in [0.05, 0.1) is 18.4 Å². The Labute approximate surface area is 130 Å². The highest BCUT2D eigenvalue weighted by Crippen LogP contribution is 2.20. The molecule has 0 unspecified atom stereocenters. The Kier molecular flexibility index (Phi) is 5.63. The van der Waals surface area contributed by atoms with Gasteiger partial charge in [-0.05, 0) is 25.0 Å². The van der Waals surface area contributed by atoms with Crippen LogP contribution in [0.3, 0.4) is 0 Å². The lowest BCUT2D eigenvalue weighted by Gasteiger charge is -2.11. The van der Waals surface area contributed by atoms with E-state index in [2.05, 4.69) is 9.71 Å². The SMILES string of the molecule is NC(=S)c1ccc(S(=O)(=O)NCCOC2CCCC2)cn1. The second kappa shape index (κ2) is 7.26. The van der Waals surface area contributed by atoms with Gasteiger partial charge in [0, 0.05) is 12.7 Å². The molecule has 0 saturated heterocycles. The maximum Gasteiger partial charge on any atom is 0.242 e. The van der Waals surface area contributed by atoms with Gasteiger partial charge in [0.2, 0.25) is 10.0 Å². The molecule has 1 aromatic heterocycles. The molecule has 0 aliphatic heterocycles. The van der Waals surface area contributed by atoms with Gasteiger partial charge in [-0.15, -0.1) is 0 Å². The Hall–Kier alpha value is -1.09. The van der Waals surface area contributed by atoms with Gasteiger partial charge in [-0.2, -0.15) is 0 Å². The van der Waals surface area contributed by atoms with Gasteiger partial charge in [-0.25, -0.2) is 13.1 Å². The zero-order chi connectivity index (χ0) is 15.3. The van der Waals surface area contributed by atoms with E-state index in [0.29, 0.717) is 12.3 Å². The summed E-state index contributed by atoms with van der Waals surface area (Å²) in [6.07, 6.45) is 6.04. The zero-order valence-electron chi connectivity index (χ0n) is 11.6. The van der Waals surface area contributed by atoms with Gasteiger partial charge >= 0.3 is 0 Å². The first-order valence-electron chi connectivity index (χ1n) is 6.86. The van der Waals surface area contributed by atoms with Crippen LogP contribution in [0.2, 0.25) is 0 Å². The van der Waals surface area contributed by atoms with Crippen LogP contribution in [0.1, 0.15) is 31.4 Å². The molecule has 0 amide bonds. The number of rotatable bonds is 7. The van der Waals surface area contributed by atoms with E-state index >= 15 is 0 Å². The highest BCUT2D eigenvalue weighted by molar-refractivity contribution is 7.89. The van der Waals surface area contributed by atoms with Crippen molar-refractivity contribution in [2.45, 2.75) is 36.7 Å². The molecule has 1 aliphatic rings. The van der Waals surface area contributed by atoms with Crippen molar-refractivity contribution in [3.8, 4) is 0 Å². The number of ether oxygens (including phenoxy) is 1. The van der Waals surface area contributed by atoms with E-state index in [1.807, 2.05) is 0 Å². The standard InChI is InChI=1S/C13H19N3O3S2/c14-13(20)12-6-5-11(9-15-12)21(17,18)16-7-8-19-10-3-1-2-4-10/h5-6,9-10,16H,1-4,7-8H2,(H2,14,20). The Morgan fingerprint density at radius 2 is 2.14 bits per heavy atom. The molecule has 0 aromatic carbocycles. The third kappa shape index (κ3) is 4.70. The number of hydrogen-bond acceptors (Lipinski definition) is 5. The third-order valence-corrected chi connectivity index (χ3v) is 5.00. The van der Waals surface area contributed by atoms with Gasteiger partial charge < -0.3 is 10.5 Å².